The molecule has 1 aliphatic rings. The number of nitrogens with zero attached hydrogens (tertiary/aromatic N) is 1. The van der Waals surface area contributed by atoms with Crippen LogP contribution in [0.1, 0.15) is 22.7 Å². The zero-order chi connectivity index (χ0) is 13.2. The van der Waals surface area contributed by atoms with Crippen molar-refractivity contribution in [1.29, 1.82) is 0 Å². The van der Waals surface area contributed by atoms with Crippen LogP contribution >= 0.6 is 11.3 Å². The molecule has 5 nitrogen and oxygen atoms in total. The Morgan fingerprint density at radius 3 is 3.21 bits per heavy atom. The Balaban J connectivity index is 1.86. The van der Waals surface area contributed by atoms with E-state index >= 15 is 0 Å². The molecule has 2 aromatic heterocycles. The summed E-state index contributed by atoms with van der Waals surface area (Å²) in [7, 11) is 1.67. The van der Waals surface area contributed by atoms with E-state index in [1.54, 1.807) is 18.4 Å². The summed E-state index contributed by atoms with van der Waals surface area (Å²) in [4.78, 5) is 21.8. The zero-order valence-corrected chi connectivity index (χ0v) is 11.7. The van der Waals surface area contributed by atoms with Crippen LogP contribution in [0.2, 0.25) is 0 Å². The van der Waals surface area contributed by atoms with Crippen molar-refractivity contribution in [3.05, 3.63) is 26.6 Å². The molecule has 0 aromatic carbocycles. The number of rotatable bonds is 5. The van der Waals surface area contributed by atoms with Gasteiger partial charge >= 0.3 is 0 Å². The van der Waals surface area contributed by atoms with Gasteiger partial charge in [0.2, 0.25) is 0 Å². The van der Waals surface area contributed by atoms with E-state index in [1.807, 2.05) is 0 Å². The molecule has 0 saturated carbocycles. The highest BCUT2D eigenvalue weighted by molar-refractivity contribution is 7.18. The van der Waals surface area contributed by atoms with Crippen LogP contribution < -0.4 is 10.9 Å². The van der Waals surface area contributed by atoms with Crippen LogP contribution in [0.5, 0.6) is 0 Å². The van der Waals surface area contributed by atoms with Crippen molar-refractivity contribution < 1.29 is 4.74 Å². The molecule has 0 saturated heterocycles. The molecular weight excluding hydrogens is 262 g/mol. The Labute approximate surface area is 115 Å². The number of hydrogen-bond acceptors (Lipinski definition) is 5. The van der Waals surface area contributed by atoms with Crippen LogP contribution in [0.4, 0.5) is 0 Å². The van der Waals surface area contributed by atoms with E-state index in [1.165, 1.54) is 10.4 Å². The Hall–Kier alpha value is -1.24. The van der Waals surface area contributed by atoms with E-state index < -0.39 is 0 Å². The minimum Gasteiger partial charge on any atom is -0.383 e. The predicted molar refractivity (Wildman–Crippen MR) is 75.8 cm³/mol. The second-order valence-corrected chi connectivity index (χ2v) is 5.80. The summed E-state index contributed by atoms with van der Waals surface area (Å²) in [6, 6.07) is 0. The number of methoxy groups -OCH3 is 1. The fraction of sp³-hybridized carbons (Fsp3) is 0.538. The first kappa shape index (κ1) is 12.8. The van der Waals surface area contributed by atoms with Gasteiger partial charge in [-0.3, -0.25) is 4.79 Å². The van der Waals surface area contributed by atoms with Gasteiger partial charge in [0, 0.05) is 18.5 Å². The molecule has 0 aliphatic heterocycles. The lowest BCUT2D eigenvalue weighted by Gasteiger charge is -2.03. The molecule has 0 amide bonds. The lowest BCUT2D eigenvalue weighted by Crippen LogP contribution is -2.22. The van der Waals surface area contributed by atoms with E-state index in [0.29, 0.717) is 19.0 Å². The highest BCUT2D eigenvalue weighted by Gasteiger charge is 2.20. The molecular formula is C13H17N3O2S. The summed E-state index contributed by atoms with van der Waals surface area (Å²) in [5.41, 5.74) is 1.24. The lowest BCUT2D eigenvalue weighted by molar-refractivity contribution is 0.199. The normalized spacial score (nSPS) is 14.2. The van der Waals surface area contributed by atoms with Crippen molar-refractivity contribution in [3.8, 4) is 0 Å². The average molecular weight is 279 g/mol. The fourth-order valence-corrected chi connectivity index (χ4v) is 3.79. The molecule has 0 unspecified atom stereocenters. The first-order valence-corrected chi connectivity index (χ1v) is 7.34. The Morgan fingerprint density at radius 1 is 1.47 bits per heavy atom. The van der Waals surface area contributed by atoms with Gasteiger partial charge in [0.15, 0.2) is 0 Å². The molecule has 3 rings (SSSR count). The summed E-state index contributed by atoms with van der Waals surface area (Å²) < 4.78 is 4.96. The van der Waals surface area contributed by atoms with Crippen molar-refractivity contribution >= 4 is 21.6 Å². The van der Waals surface area contributed by atoms with Gasteiger partial charge < -0.3 is 15.0 Å². The van der Waals surface area contributed by atoms with Crippen molar-refractivity contribution in [2.75, 3.05) is 20.3 Å². The third-order valence-electron chi connectivity index (χ3n) is 3.40. The SMILES string of the molecule is COCCNCc1nc2sc3c(c2c(=O)[nH]1)CCC3. The smallest absolute Gasteiger partial charge is 0.259 e. The summed E-state index contributed by atoms with van der Waals surface area (Å²) >= 11 is 1.67. The number of aryl methyl sites for hydroxylation is 2. The number of fused-ring (bicyclic) bond motifs is 3. The van der Waals surface area contributed by atoms with Gasteiger partial charge in [0.1, 0.15) is 10.7 Å². The van der Waals surface area contributed by atoms with E-state index in [2.05, 4.69) is 15.3 Å². The monoisotopic (exact) mass is 279 g/mol. The van der Waals surface area contributed by atoms with Crippen molar-refractivity contribution in [1.82, 2.24) is 15.3 Å². The molecule has 0 radical (unpaired) electrons. The fourth-order valence-electron chi connectivity index (χ4n) is 2.51. The molecule has 1 aliphatic carbocycles. The first-order valence-electron chi connectivity index (χ1n) is 6.52. The number of thiophene rings is 1. The molecule has 2 N–H and O–H groups in total. The van der Waals surface area contributed by atoms with Crippen LogP contribution in [-0.4, -0.2) is 30.2 Å². The van der Waals surface area contributed by atoms with E-state index in [0.717, 1.165) is 36.0 Å². The van der Waals surface area contributed by atoms with Gasteiger partial charge in [-0.2, -0.15) is 0 Å². The topological polar surface area (TPSA) is 67.0 Å². The highest BCUT2D eigenvalue weighted by atomic mass is 32.1. The third kappa shape index (κ3) is 2.43. The van der Waals surface area contributed by atoms with Crippen LogP contribution in [0.3, 0.4) is 0 Å². The highest BCUT2D eigenvalue weighted by Crippen LogP contribution is 2.34. The molecule has 0 bridgehead atoms. The lowest BCUT2D eigenvalue weighted by atomic mass is 10.2. The second kappa shape index (κ2) is 5.40. The van der Waals surface area contributed by atoms with Gasteiger partial charge in [-0.25, -0.2) is 4.98 Å². The van der Waals surface area contributed by atoms with Gasteiger partial charge in [-0.1, -0.05) is 0 Å². The van der Waals surface area contributed by atoms with Crippen molar-refractivity contribution in [2.45, 2.75) is 25.8 Å². The Morgan fingerprint density at radius 2 is 2.37 bits per heavy atom. The minimum atomic E-state index is 0.00735. The Kier molecular flexibility index (Phi) is 3.63. The quantitative estimate of drug-likeness (QED) is 0.807. The van der Waals surface area contributed by atoms with E-state index in [4.69, 9.17) is 4.74 Å². The van der Waals surface area contributed by atoms with Gasteiger partial charge in [0.05, 0.1) is 18.5 Å². The first-order chi connectivity index (χ1) is 9.29. The van der Waals surface area contributed by atoms with Crippen LogP contribution in [0, 0.1) is 0 Å². The molecule has 0 fully saturated rings. The maximum absolute atomic E-state index is 12.2. The van der Waals surface area contributed by atoms with Crippen molar-refractivity contribution in [3.63, 3.8) is 0 Å². The number of nitrogens with one attached hydrogen (secondary N) is 2. The largest absolute Gasteiger partial charge is 0.383 e. The molecule has 2 heterocycles. The average Bonchev–Trinajstić information content (AvgIpc) is 2.94. The number of H-pyrrole nitrogens is 1. The van der Waals surface area contributed by atoms with Crippen LogP contribution in [0.15, 0.2) is 4.79 Å². The van der Waals surface area contributed by atoms with Gasteiger partial charge in [-0.15, -0.1) is 11.3 Å². The summed E-state index contributed by atoms with van der Waals surface area (Å²) in [6.45, 7) is 1.97. The zero-order valence-electron chi connectivity index (χ0n) is 10.9. The number of hydrogen-bond donors (Lipinski definition) is 2. The van der Waals surface area contributed by atoms with Crippen LogP contribution in [-0.2, 0) is 24.1 Å². The van der Waals surface area contributed by atoms with E-state index in [9.17, 15) is 4.79 Å². The Bertz CT molecular complexity index is 647. The maximum atomic E-state index is 12.2. The number of aromatic amines is 1. The van der Waals surface area contributed by atoms with E-state index in [-0.39, 0.29) is 5.56 Å². The van der Waals surface area contributed by atoms with Gasteiger partial charge in [0.25, 0.3) is 5.56 Å². The molecule has 2 aromatic rings. The summed E-state index contributed by atoms with van der Waals surface area (Å²) in [5.74, 6) is 0.702. The van der Waals surface area contributed by atoms with Crippen LogP contribution in [0.25, 0.3) is 10.2 Å². The summed E-state index contributed by atoms with van der Waals surface area (Å²) in [5, 5.41) is 4.01. The molecule has 19 heavy (non-hydrogen) atoms. The maximum Gasteiger partial charge on any atom is 0.259 e. The van der Waals surface area contributed by atoms with Crippen molar-refractivity contribution in [2.24, 2.45) is 0 Å². The van der Waals surface area contributed by atoms with Gasteiger partial charge in [-0.05, 0) is 24.8 Å². The number of ether oxygens (including phenoxy) is 1. The standard InChI is InChI=1S/C13H17N3O2S/c1-18-6-5-14-7-10-15-12(17)11-8-3-2-4-9(8)19-13(11)16-10/h14H,2-7H2,1H3,(H,15,16,17). The molecule has 0 atom stereocenters. The minimum absolute atomic E-state index is 0.00735. The molecule has 102 valence electrons. The summed E-state index contributed by atoms with van der Waals surface area (Å²) in [6.07, 6.45) is 3.28. The molecule has 0 spiro atoms. The molecule has 6 heteroatoms. The second-order valence-electron chi connectivity index (χ2n) is 4.72. The predicted octanol–water partition coefficient (Wildman–Crippen LogP) is 1.21. The third-order valence-corrected chi connectivity index (χ3v) is 4.59. The number of aromatic nitrogens is 2.